The molecule has 0 amide bonds. The average molecular weight is 268 g/mol. The predicted octanol–water partition coefficient (Wildman–Crippen LogP) is 3.43. The molecular formula is C16H13FN2O. The normalized spacial score (nSPS) is 10.9. The number of aromatic amines is 1. The first-order valence-corrected chi connectivity index (χ1v) is 6.25. The van der Waals surface area contributed by atoms with E-state index in [-0.39, 0.29) is 11.5 Å². The molecule has 2 aromatic carbocycles. The number of para-hydroxylation sites is 1. The number of fused-ring (bicyclic) bond motifs is 1. The van der Waals surface area contributed by atoms with E-state index in [1.807, 2.05) is 31.2 Å². The number of aryl methyl sites for hydroxylation is 1. The Morgan fingerprint density at radius 2 is 1.95 bits per heavy atom. The number of ketones is 1. The number of rotatable bonds is 2. The summed E-state index contributed by atoms with van der Waals surface area (Å²) in [5, 5.41) is 0.840. The average Bonchev–Trinajstić information content (AvgIpc) is 2.77. The van der Waals surface area contributed by atoms with E-state index in [4.69, 9.17) is 5.73 Å². The predicted molar refractivity (Wildman–Crippen MR) is 77.3 cm³/mol. The Morgan fingerprint density at radius 1 is 1.20 bits per heavy atom. The fourth-order valence-corrected chi connectivity index (χ4v) is 2.38. The lowest BCUT2D eigenvalue weighted by atomic mass is 10.00. The Kier molecular flexibility index (Phi) is 2.79. The molecular weight excluding hydrogens is 255 g/mol. The molecule has 0 fully saturated rings. The van der Waals surface area contributed by atoms with E-state index in [9.17, 15) is 9.18 Å². The fraction of sp³-hybridized carbons (Fsp3) is 0.0625. The number of nitrogens with one attached hydrogen (secondary N) is 1. The van der Waals surface area contributed by atoms with Crippen molar-refractivity contribution in [2.45, 2.75) is 6.92 Å². The van der Waals surface area contributed by atoms with Crippen LogP contribution in [0, 0.1) is 12.7 Å². The largest absolute Gasteiger partial charge is 0.396 e. The standard InChI is InChI=1S/C16H13FN2O/c1-9-15(11-4-2-3-5-14(11)19-9)16(20)10-6-7-13(18)12(17)8-10/h2-8,19H,18H2,1H3. The number of nitrogens with two attached hydrogens (primary N) is 1. The molecule has 0 bridgehead atoms. The molecule has 3 aromatic rings. The van der Waals surface area contributed by atoms with Gasteiger partial charge in [0.25, 0.3) is 0 Å². The molecule has 4 heteroatoms. The van der Waals surface area contributed by atoms with E-state index in [1.165, 1.54) is 12.1 Å². The number of carbonyl (C=O) groups is 1. The Morgan fingerprint density at radius 3 is 2.70 bits per heavy atom. The molecule has 0 spiro atoms. The third-order valence-electron chi connectivity index (χ3n) is 3.38. The van der Waals surface area contributed by atoms with Gasteiger partial charge in [0.1, 0.15) is 5.82 Å². The van der Waals surface area contributed by atoms with Crippen LogP contribution in [0.15, 0.2) is 42.5 Å². The number of aromatic nitrogens is 1. The second-order valence-electron chi connectivity index (χ2n) is 4.74. The monoisotopic (exact) mass is 268 g/mol. The Labute approximate surface area is 115 Å². The van der Waals surface area contributed by atoms with Crippen molar-refractivity contribution < 1.29 is 9.18 Å². The summed E-state index contributed by atoms with van der Waals surface area (Å²) in [4.78, 5) is 15.7. The Hall–Kier alpha value is -2.62. The molecule has 1 heterocycles. The molecule has 20 heavy (non-hydrogen) atoms. The number of carbonyl (C=O) groups excluding carboxylic acids is 1. The van der Waals surface area contributed by atoms with Crippen LogP contribution in [0.5, 0.6) is 0 Å². The zero-order valence-electron chi connectivity index (χ0n) is 10.9. The summed E-state index contributed by atoms with van der Waals surface area (Å²) in [7, 11) is 0. The molecule has 3 N–H and O–H groups in total. The molecule has 0 saturated carbocycles. The highest BCUT2D eigenvalue weighted by Gasteiger charge is 2.18. The van der Waals surface area contributed by atoms with Crippen molar-refractivity contribution in [2.24, 2.45) is 0 Å². The van der Waals surface area contributed by atoms with Crippen LogP contribution in [-0.2, 0) is 0 Å². The number of halogens is 1. The topological polar surface area (TPSA) is 58.9 Å². The third kappa shape index (κ3) is 1.86. The summed E-state index contributed by atoms with van der Waals surface area (Å²) in [5.74, 6) is -0.785. The van der Waals surface area contributed by atoms with Gasteiger partial charge in [-0.2, -0.15) is 0 Å². The molecule has 0 unspecified atom stereocenters. The lowest BCUT2D eigenvalue weighted by Gasteiger charge is -2.03. The molecule has 100 valence electrons. The summed E-state index contributed by atoms with van der Waals surface area (Å²) in [6.07, 6.45) is 0. The number of hydrogen-bond acceptors (Lipinski definition) is 2. The second-order valence-corrected chi connectivity index (χ2v) is 4.74. The highest BCUT2D eigenvalue weighted by atomic mass is 19.1. The number of nitrogen functional groups attached to an aromatic ring is 1. The van der Waals surface area contributed by atoms with Crippen molar-refractivity contribution in [1.29, 1.82) is 0 Å². The van der Waals surface area contributed by atoms with Crippen molar-refractivity contribution in [3.05, 3.63) is 65.1 Å². The van der Waals surface area contributed by atoms with Crippen molar-refractivity contribution in [1.82, 2.24) is 4.98 Å². The minimum Gasteiger partial charge on any atom is -0.396 e. The van der Waals surface area contributed by atoms with E-state index >= 15 is 0 Å². The van der Waals surface area contributed by atoms with Crippen molar-refractivity contribution in [3.63, 3.8) is 0 Å². The van der Waals surface area contributed by atoms with Crippen LogP contribution >= 0.6 is 0 Å². The van der Waals surface area contributed by atoms with E-state index in [1.54, 1.807) is 6.07 Å². The Bertz CT molecular complexity index is 820. The molecule has 0 radical (unpaired) electrons. The highest BCUT2D eigenvalue weighted by Crippen LogP contribution is 2.25. The number of anilines is 1. The minimum absolute atomic E-state index is 0.0391. The van der Waals surface area contributed by atoms with Crippen LogP contribution in [0.1, 0.15) is 21.6 Å². The van der Waals surface area contributed by atoms with Gasteiger partial charge in [-0.25, -0.2) is 4.39 Å². The highest BCUT2D eigenvalue weighted by molar-refractivity contribution is 6.17. The first kappa shape index (κ1) is 12.4. The van der Waals surface area contributed by atoms with E-state index in [2.05, 4.69) is 4.98 Å². The minimum atomic E-state index is -0.576. The van der Waals surface area contributed by atoms with Crippen LogP contribution in [0.25, 0.3) is 10.9 Å². The van der Waals surface area contributed by atoms with Gasteiger partial charge in [-0.05, 0) is 31.2 Å². The van der Waals surface area contributed by atoms with Crippen LogP contribution in [0.3, 0.4) is 0 Å². The second kappa shape index (κ2) is 4.49. The van der Waals surface area contributed by atoms with Gasteiger partial charge in [-0.3, -0.25) is 4.79 Å². The van der Waals surface area contributed by atoms with Crippen molar-refractivity contribution in [2.75, 3.05) is 5.73 Å². The third-order valence-corrected chi connectivity index (χ3v) is 3.38. The maximum atomic E-state index is 13.5. The number of hydrogen-bond donors (Lipinski definition) is 2. The van der Waals surface area contributed by atoms with Crippen LogP contribution in [0.4, 0.5) is 10.1 Å². The summed E-state index contributed by atoms with van der Waals surface area (Å²) >= 11 is 0. The maximum Gasteiger partial charge on any atom is 0.195 e. The van der Waals surface area contributed by atoms with Gasteiger partial charge in [0.15, 0.2) is 5.78 Å². The van der Waals surface area contributed by atoms with Gasteiger partial charge in [-0.1, -0.05) is 18.2 Å². The van der Waals surface area contributed by atoms with Gasteiger partial charge < -0.3 is 10.7 Å². The van der Waals surface area contributed by atoms with E-state index < -0.39 is 5.82 Å². The van der Waals surface area contributed by atoms with Gasteiger partial charge >= 0.3 is 0 Å². The van der Waals surface area contributed by atoms with Gasteiger partial charge in [0.05, 0.1) is 11.3 Å². The molecule has 0 aliphatic carbocycles. The SMILES string of the molecule is Cc1[nH]c2ccccc2c1C(=O)c1ccc(N)c(F)c1. The molecule has 3 rings (SSSR count). The van der Waals surface area contributed by atoms with E-state index in [0.717, 1.165) is 16.6 Å². The summed E-state index contributed by atoms with van der Waals surface area (Å²) in [6.45, 7) is 1.83. The quantitative estimate of drug-likeness (QED) is 0.552. The van der Waals surface area contributed by atoms with Gasteiger partial charge in [-0.15, -0.1) is 0 Å². The van der Waals surface area contributed by atoms with Crippen molar-refractivity contribution >= 4 is 22.4 Å². The van der Waals surface area contributed by atoms with Crippen LogP contribution in [0.2, 0.25) is 0 Å². The smallest absolute Gasteiger partial charge is 0.195 e. The maximum absolute atomic E-state index is 13.5. The number of H-pyrrole nitrogens is 1. The molecule has 0 aliphatic heterocycles. The lowest BCUT2D eigenvalue weighted by Crippen LogP contribution is -2.04. The van der Waals surface area contributed by atoms with Crippen LogP contribution in [-0.4, -0.2) is 10.8 Å². The molecule has 0 aliphatic rings. The van der Waals surface area contributed by atoms with Crippen LogP contribution < -0.4 is 5.73 Å². The molecule has 1 aromatic heterocycles. The molecule has 0 saturated heterocycles. The summed E-state index contributed by atoms with van der Waals surface area (Å²) < 4.78 is 13.5. The fourth-order valence-electron chi connectivity index (χ4n) is 2.38. The van der Waals surface area contributed by atoms with Crippen molar-refractivity contribution in [3.8, 4) is 0 Å². The zero-order valence-corrected chi connectivity index (χ0v) is 10.9. The lowest BCUT2D eigenvalue weighted by molar-refractivity contribution is 0.103. The van der Waals surface area contributed by atoms with Gasteiger partial charge in [0, 0.05) is 22.2 Å². The van der Waals surface area contributed by atoms with Gasteiger partial charge in [0.2, 0.25) is 0 Å². The summed E-state index contributed by atoms with van der Waals surface area (Å²) in [5.41, 5.74) is 8.01. The molecule has 0 atom stereocenters. The first-order chi connectivity index (χ1) is 9.58. The summed E-state index contributed by atoms with van der Waals surface area (Å²) in [6, 6.07) is 11.7. The zero-order chi connectivity index (χ0) is 14.3. The molecule has 3 nitrogen and oxygen atoms in total. The Balaban J connectivity index is 2.17. The number of benzene rings is 2. The van der Waals surface area contributed by atoms with E-state index in [0.29, 0.717) is 11.1 Å². The first-order valence-electron chi connectivity index (χ1n) is 6.25.